The molecule has 7 nitrogen and oxygen atoms in total. The van der Waals surface area contributed by atoms with Gasteiger partial charge in [0, 0.05) is 48.5 Å². The highest BCUT2D eigenvalue weighted by Gasteiger charge is 2.21. The molecular weight excluding hydrogens is 382 g/mol. The molecule has 1 saturated heterocycles. The highest BCUT2D eigenvalue weighted by Crippen LogP contribution is 2.33. The Hall–Kier alpha value is -2.23. The fourth-order valence-corrected chi connectivity index (χ4v) is 5.05. The minimum atomic E-state index is -0.0828. The van der Waals surface area contributed by atoms with Gasteiger partial charge in [-0.1, -0.05) is 6.07 Å². The molecule has 1 aliphatic rings. The molecule has 9 heteroatoms. The Kier molecular flexibility index (Phi) is 5.24. The molecule has 0 unspecified atom stereocenters. The molecule has 4 rings (SSSR count). The Balaban J connectivity index is 1.48. The predicted molar refractivity (Wildman–Crippen MR) is 109 cm³/mol. The first-order chi connectivity index (χ1) is 13.2. The van der Waals surface area contributed by atoms with Gasteiger partial charge in [0.25, 0.3) is 5.56 Å². The van der Waals surface area contributed by atoms with Gasteiger partial charge in [-0.05, 0) is 18.4 Å². The van der Waals surface area contributed by atoms with Crippen LogP contribution in [0.25, 0.3) is 20.7 Å². The summed E-state index contributed by atoms with van der Waals surface area (Å²) in [5.41, 5.74) is 0.876. The fourth-order valence-electron chi connectivity index (χ4n) is 3.27. The van der Waals surface area contributed by atoms with Crippen molar-refractivity contribution in [3.63, 3.8) is 0 Å². The number of thiophene rings is 2. The molecular formula is C18H21N5O2S2. The molecule has 2 amide bonds. The molecule has 0 spiro atoms. The Labute approximate surface area is 164 Å². The van der Waals surface area contributed by atoms with E-state index >= 15 is 0 Å². The van der Waals surface area contributed by atoms with Crippen LogP contribution in [0.3, 0.4) is 0 Å². The van der Waals surface area contributed by atoms with Crippen LogP contribution in [0.15, 0.2) is 27.7 Å². The average Bonchev–Trinajstić information content (AvgIpc) is 3.32. The number of hydrogen-bond acceptors (Lipinski definition) is 6. The van der Waals surface area contributed by atoms with E-state index in [9.17, 15) is 9.59 Å². The number of hydrogen-bond donors (Lipinski definition) is 2. The van der Waals surface area contributed by atoms with Crippen molar-refractivity contribution >= 4 is 38.9 Å². The van der Waals surface area contributed by atoms with Crippen molar-refractivity contribution in [2.45, 2.75) is 13.5 Å². The minimum Gasteiger partial charge on any atom is -0.338 e. The lowest BCUT2D eigenvalue weighted by molar-refractivity contribution is 0.134. The van der Waals surface area contributed by atoms with E-state index in [1.54, 1.807) is 11.3 Å². The lowest BCUT2D eigenvalue weighted by Crippen LogP contribution is -2.51. The molecule has 3 aromatic heterocycles. The maximum absolute atomic E-state index is 12.7. The zero-order chi connectivity index (χ0) is 18.8. The number of aromatic amines is 1. The second kappa shape index (κ2) is 7.79. The second-order valence-corrected chi connectivity index (χ2v) is 8.22. The van der Waals surface area contributed by atoms with E-state index in [4.69, 9.17) is 0 Å². The number of H-pyrrole nitrogens is 1. The van der Waals surface area contributed by atoms with Crippen LogP contribution in [0.1, 0.15) is 12.7 Å². The summed E-state index contributed by atoms with van der Waals surface area (Å²) in [6.45, 7) is 6.03. The number of amides is 2. The molecule has 27 heavy (non-hydrogen) atoms. The third-order valence-electron chi connectivity index (χ3n) is 4.64. The first-order valence-electron chi connectivity index (χ1n) is 8.95. The molecule has 0 aliphatic carbocycles. The fraction of sp³-hybridized carbons (Fsp3) is 0.389. The summed E-state index contributed by atoms with van der Waals surface area (Å²) < 4.78 is 0. The number of carbonyl (C=O) groups is 1. The average molecular weight is 404 g/mol. The van der Waals surface area contributed by atoms with Gasteiger partial charge in [-0.3, -0.25) is 9.69 Å². The highest BCUT2D eigenvalue weighted by molar-refractivity contribution is 7.18. The number of carbonyl (C=O) groups excluding carboxylic acids is 1. The molecule has 0 radical (unpaired) electrons. The maximum Gasteiger partial charge on any atom is 0.317 e. The minimum absolute atomic E-state index is 0.00945. The van der Waals surface area contributed by atoms with Crippen molar-refractivity contribution in [2.75, 3.05) is 32.7 Å². The third kappa shape index (κ3) is 3.76. The number of fused-ring (bicyclic) bond motifs is 1. The van der Waals surface area contributed by atoms with Crippen LogP contribution in [-0.2, 0) is 6.54 Å². The lowest BCUT2D eigenvalue weighted by atomic mass is 10.2. The van der Waals surface area contributed by atoms with Gasteiger partial charge in [0.15, 0.2) is 0 Å². The number of nitrogens with one attached hydrogen (secondary N) is 2. The summed E-state index contributed by atoms with van der Waals surface area (Å²) in [6.07, 6.45) is 0. The molecule has 142 valence electrons. The molecule has 1 aliphatic heterocycles. The number of piperazine rings is 1. The molecule has 0 bridgehead atoms. The molecule has 0 aromatic carbocycles. The SMILES string of the molecule is CCNC(=O)N1CCN(Cc2nc3scc(-c4cccs4)c3c(=O)[nH]2)CC1. The van der Waals surface area contributed by atoms with Gasteiger partial charge in [0.1, 0.15) is 10.7 Å². The van der Waals surface area contributed by atoms with Gasteiger partial charge in [-0.25, -0.2) is 9.78 Å². The number of aromatic nitrogens is 2. The van der Waals surface area contributed by atoms with Crippen LogP contribution >= 0.6 is 22.7 Å². The Morgan fingerprint density at radius 1 is 1.30 bits per heavy atom. The van der Waals surface area contributed by atoms with Gasteiger partial charge >= 0.3 is 6.03 Å². The van der Waals surface area contributed by atoms with E-state index in [1.165, 1.54) is 11.3 Å². The molecule has 2 N–H and O–H groups in total. The summed E-state index contributed by atoms with van der Waals surface area (Å²) in [5.74, 6) is 0.679. The van der Waals surface area contributed by atoms with Gasteiger partial charge < -0.3 is 15.2 Å². The summed E-state index contributed by atoms with van der Waals surface area (Å²) in [5, 5.41) is 7.52. The van der Waals surface area contributed by atoms with Gasteiger partial charge in [0.05, 0.1) is 11.9 Å². The summed E-state index contributed by atoms with van der Waals surface area (Å²) in [7, 11) is 0. The standard InChI is InChI=1S/C18H21N5O2S2/c1-2-19-18(25)23-7-5-22(6-8-23)10-14-20-16(24)15-12(11-27-17(15)21-14)13-4-3-9-26-13/h3-4,9,11H,2,5-8,10H2,1H3,(H,19,25)(H,20,21,24). The van der Waals surface area contributed by atoms with Crippen molar-refractivity contribution in [3.05, 3.63) is 39.1 Å². The van der Waals surface area contributed by atoms with Crippen LogP contribution in [0.5, 0.6) is 0 Å². The van der Waals surface area contributed by atoms with Crippen molar-refractivity contribution in [2.24, 2.45) is 0 Å². The second-order valence-electron chi connectivity index (χ2n) is 6.42. The summed E-state index contributed by atoms with van der Waals surface area (Å²) in [4.78, 5) is 38.1. The van der Waals surface area contributed by atoms with Crippen molar-refractivity contribution in [3.8, 4) is 10.4 Å². The first-order valence-corrected chi connectivity index (χ1v) is 10.7. The van der Waals surface area contributed by atoms with E-state index in [2.05, 4.69) is 20.2 Å². The van der Waals surface area contributed by atoms with Crippen LogP contribution in [0, 0.1) is 0 Å². The van der Waals surface area contributed by atoms with Crippen LogP contribution in [-0.4, -0.2) is 58.5 Å². The zero-order valence-electron chi connectivity index (χ0n) is 15.0. The summed E-state index contributed by atoms with van der Waals surface area (Å²) >= 11 is 3.13. The Morgan fingerprint density at radius 2 is 2.11 bits per heavy atom. The molecule has 3 aromatic rings. The molecule has 0 atom stereocenters. The molecule has 1 fully saturated rings. The van der Waals surface area contributed by atoms with Gasteiger partial charge in [-0.2, -0.15) is 0 Å². The van der Waals surface area contributed by atoms with E-state index in [0.717, 1.165) is 28.4 Å². The number of nitrogens with zero attached hydrogens (tertiary/aromatic N) is 3. The smallest absolute Gasteiger partial charge is 0.317 e. The predicted octanol–water partition coefficient (Wildman–Crippen LogP) is 2.56. The normalized spacial score (nSPS) is 15.4. The lowest BCUT2D eigenvalue weighted by Gasteiger charge is -2.34. The number of rotatable bonds is 4. The van der Waals surface area contributed by atoms with Crippen LogP contribution in [0.2, 0.25) is 0 Å². The van der Waals surface area contributed by atoms with Gasteiger partial charge in [-0.15, -0.1) is 22.7 Å². The largest absolute Gasteiger partial charge is 0.338 e. The Morgan fingerprint density at radius 3 is 2.81 bits per heavy atom. The monoisotopic (exact) mass is 403 g/mol. The first kappa shape index (κ1) is 18.1. The third-order valence-corrected chi connectivity index (χ3v) is 6.42. The van der Waals surface area contributed by atoms with Gasteiger partial charge in [0.2, 0.25) is 0 Å². The molecule has 0 saturated carbocycles. The molecule has 4 heterocycles. The van der Waals surface area contributed by atoms with E-state index < -0.39 is 0 Å². The van der Waals surface area contributed by atoms with Crippen molar-refractivity contribution in [1.29, 1.82) is 0 Å². The topological polar surface area (TPSA) is 81.3 Å². The quantitative estimate of drug-likeness (QED) is 0.702. The summed E-state index contributed by atoms with van der Waals surface area (Å²) in [6, 6.07) is 4.00. The highest BCUT2D eigenvalue weighted by atomic mass is 32.1. The number of urea groups is 1. The zero-order valence-corrected chi connectivity index (χ0v) is 16.7. The van der Waals surface area contributed by atoms with E-state index in [-0.39, 0.29) is 11.6 Å². The van der Waals surface area contributed by atoms with Crippen molar-refractivity contribution < 1.29 is 4.79 Å². The Bertz CT molecular complexity index is 987. The van der Waals surface area contributed by atoms with Crippen molar-refractivity contribution in [1.82, 2.24) is 25.1 Å². The van der Waals surface area contributed by atoms with E-state index in [1.807, 2.05) is 34.7 Å². The van der Waals surface area contributed by atoms with Crippen LogP contribution in [0.4, 0.5) is 4.79 Å². The maximum atomic E-state index is 12.7. The van der Waals surface area contributed by atoms with E-state index in [0.29, 0.717) is 37.4 Å². The van der Waals surface area contributed by atoms with Crippen LogP contribution < -0.4 is 10.9 Å².